The number of fused-ring (bicyclic) bond motifs is 1. The van der Waals surface area contributed by atoms with E-state index in [1.165, 1.54) is 18.4 Å². The van der Waals surface area contributed by atoms with E-state index in [0.717, 1.165) is 36.5 Å². The van der Waals surface area contributed by atoms with Gasteiger partial charge in [-0.25, -0.2) is 4.98 Å². The second-order valence-corrected chi connectivity index (χ2v) is 7.68. The zero-order valence-electron chi connectivity index (χ0n) is 16.5. The van der Waals surface area contributed by atoms with Crippen molar-refractivity contribution in [2.75, 3.05) is 26.2 Å². The maximum Gasteiger partial charge on any atom is 0.221 e. The molecule has 3 aromatic rings. The molecule has 4 rings (SSSR count). The molecule has 1 aromatic carbocycles. The number of aromatic nitrogens is 2. The highest BCUT2D eigenvalue weighted by Crippen LogP contribution is 2.28. The number of hydrogen-bond donors (Lipinski definition) is 1. The molecule has 0 spiro atoms. The van der Waals surface area contributed by atoms with Gasteiger partial charge >= 0.3 is 0 Å². The maximum atomic E-state index is 12.7. The van der Waals surface area contributed by atoms with Crippen LogP contribution in [0.3, 0.4) is 0 Å². The summed E-state index contributed by atoms with van der Waals surface area (Å²) in [5.41, 5.74) is 4.29. The first-order valence-electron chi connectivity index (χ1n) is 10.2. The van der Waals surface area contributed by atoms with Crippen LogP contribution in [0.5, 0.6) is 0 Å². The monoisotopic (exact) mass is 376 g/mol. The third-order valence-corrected chi connectivity index (χ3v) is 5.59. The van der Waals surface area contributed by atoms with Gasteiger partial charge in [0.15, 0.2) is 0 Å². The van der Waals surface area contributed by atoms with Crippen molar-refractivity contribution in [1.82, 2.24) is 19.6 Å². The van der Waals surface area contributed by atoms with Gasteiger partial charge in [-0.3, -0.25) is 4.79 Å². The van der Waals surface area contributed by atoms with E-state index in [0.29, 0.717) is 13.0 Å². The molecule has 0 bridgehead atoms. The molecule has 146 valence electrons. The zero-order chi connectivity index (χ0) is 19.3. The van der Waals surface area contributed by atoms with E-state index in [4.69, 9.17) is 0 Å². The number of imidazole rings is 1. The Morgan fingerprint density at radius 1 is 1.18 bits per heavy atom. The molecule has 1 amide bonds. The molecule has 3 heterocycles. The van der Waals surface area contributed by atoms with Crippen LogP contribution in [0.1, 0.15) is 42.0 Å². The number of likely N-dealkylation sites (tertiary alicyclic amines) is 1. The normalized spacial score (nSPS) is 15.8. The molecule has 0 aliphatic carbocycles. The van der Waals surface area contributed by atoms with Gasteiger partial charge in [-0.05, 0) is 56.1 Å². The number of nitrogens with zero attached hydrogens (tertiary/aromatic N) is 3. The first-order valence-corrected chi connectivity index (χ1v) is 10.2. The summed E-state index contributed by atoms with van der Waals surface area (Å²) in [6, 6.07) is 14.4. The molecule has 1 atom stereocenters. The lowest BCUT2D eigenvalue weighted by Gasteiger charge is -2.19. The molecule has 0 unspecified atom stereocenters. The highest BCUT2D eigenvalue weighted by Gasteiger charge is 2.22. The molecule has 1 aliphatic heterocycles. The Morgan fingerprint density at radius 2 is 1.96 bits per heavy atom. The van der Waals surface area contributed by atoms with Crippen LogP contribution < -0.4 is 5.32 Å². The smallest absolute Gasteiger partial charge is 0.221 e. The number of rotatable bonds is 7. The van der Waals surface area contributed by atoms with Gasteiger partial charge in [0, 0.05) is 37.8 Å². The Hall–Kier alpha value is -2.66. The van der Waals surface area contributed by atoms with E-state index >= 15 is 0 Å². The lowest BCUT2D eigenvalue weighted by molar-refractivity contribution is -0.121. The standard InChI is InChI=1S/C23H28N4O/c1-18-9-13-27-21(17-25-22(27)15-18)20(19-7-3-2-4-8-19)16-23(28)24-10-14-26-11-5-6-12-26/h2-4,7-9,13,15,17,20H,5-6,10-12,14,16H2,1H3,(H,24,28)/t20-/m1/s1. The van der Waals surface area contributed by atoms with Crippen LogP contribution in [0.2, 0.25) is 0 Å². The molecular formula is C23H28N4O. The molecule has 1 fully saturated rings. The molecule has 0 radical (unpaired) electrons. The van der Waals surface area contributed by atoms with Crippen LogP contribution in [-0.2, 0) is 4.79 Å². The number of carbonyl (C=O) groups is 1. The lowest BCUT2D eigenvalue weighted by atomic mass is 9.92. The fraction of sp³-hybridized carbons (Fsp3) is 0.391. The number of hydrogen-bond acceptors (Lipinski definition) is 3. The summed E-state index contributed by atoms with van der Waals surface area (Å²) in [6.07, 6.45) is 6.93. The van der Waals surface area contributed by atoms with Crippen LogP contribution in [0.15, 0.2) is 54.9 Å². The van der Waals surface area contributed by atoms with Gasteiger partial charge < -0.3 is 14.6 Å². The van der Waals surface area contributed by atoms with Crippen LogP contribution >= 0.6 is 0 Å². The minimum Gasteiger partial charge on any atom is -0.355 e. The van der Waals surface area contributed by atoms with Gasteiger partial charge in [-0.1, -0.05) is 30.3 Å². The second-order valence-electron chi connectivity index (χ2n) is 7.68. The maximum absolute atomic E-state index is 12.7. The van der Waals surface area contributed by atoms with Crippen LogP contribution in [0, 0.1) is 6.92 Å². The fourth-order valence-corrected chi connectivity index (χ4v) is 4.06. The summed E-state index contributed by atoms with van der Waals surface area (Å²) in [5.74, 6) is 0.0702. The summed E-state index contributed by atoms with van der Waals surface area (Å²) >= 11 is 0. The van der Waals surface area contributed by atoms with Crippen molar-refractivity contribution in [2.45, 2.75) is 32.1 Å². The van der Waals surface area contributed by atoms with Crippen molar-refractivity contribution in [1.29, 1.82) is 0 Å². The Kier molecular flexibility index (Phi) is 5.72. The average Bonchev–Trinajstić information content (AvgIpc) is 3.36. The van der Waals surface area contributed by atoms with E-state index in [2.05, 4.69) is 50.8 Å². The van der Waals surface area contributed by atoms with E-state index in [1.807, 2.05) is 30.6 Å². The number of nitrogens with one attached hydrogen (secondary N) is 1. The first kappa shape index (κ1) is 18.7. The van der Waals surface area contributed by atoms with Gasteiger partial charge in [0.2, 0.25) is 5.91 Å². The van der Waals surface area contributed by atoms with Gasteiger partial charge in [0.1, 0.15) is 5.65 Å². The van der Waals surface area contributed by atoms with Crippen molar-refractivity contribution in [3.05, 3.63) is 71.7 Å². The van der Waals surface area contributed by atoms with Gasteiger partial charge in [0.25, 0.3) is 0 Å². The van der Waals surface area contributed by atoms with Gasteiger partial charge in [0.05, 0.1) is 5.69 Å². The number of carbonyl (C=O) groups excluding carboxylic acids is 1. The average molecular weight is 377 g/mol. The Labute approximate surface area is 166 Å². The van der Waals surface area contributed by atoms with Crippen molar-refractivity contribution in [2.24, 2.45) is 0 Å². The number of amides is 1. The molecule has 1 N–H and O–H groups in total. The van der Waals surface area contributed by atoms with Crippen LogP contribution in [0.25, 0.3) is 5.65 Å². The van der Waals surface area contributed by atoms with Crippen molar-refractivity contribution >= 4 is 11.6 Å². The SMILES string of the molecule is Cc1ccn2c([C@H](CC(=O)NCCN3CCCC3)c3ccccc3)cnc2c1. The van der Waals surface area contributed by atoms with Crippen molar-refractivity contribution in [3.8, 4) is 0 Å². The van der Waals surface area contributed by atoms with Gasteiger partial charge in [-0.2, -0.15) is 0 Å². The van der Waals surface area contributed by atoms with E-state index in [-0.39, 0.29) is 11.8 Å². The quantitative estimate of drug-likeness (QED) is 0.688. The zero-order valence-corrected chi connectivity index (χ0v) is 16.5. The summed E-state index contributed by atoms with van der Waals surface area (Å²) in [7, 11) is 0. The topological polar surface area (TPSA) is 49.6 Å². The highest BCUT2D eigenvalue weighted by molar-refractivity contribution is 5.77. The highest BCUT2D eigenvalue weighted by atomic mass is 16.1. The van der Waals surface area contributed by atoms with E-state index < -0.39 is 0 Å². The second kappa shape index (κ2) is 8.57. The predicted molar refractivity (Wildman–Crippen MR) is 112 cm³/mol. The summed E-state index contributed by atoms with van der Waals surface area (Å²) in [6.45, 7) is 6.04. The summed E-state index contributed by atoms with van der Waals surface area (Å²) in [4.78, 5) is 19.7. The fourth-order valence-electron chi connectivity index (χ4n) is 4.06. The van der Waals surface area contributed by atoms with Gasteiger partial charge in [-0.15, -0.1) is 0 Å². The largest absolute Gasteiger partial charge is 0.355 e. The van der Waals surface area contributed by atoms with Crippen LogP contribution in [-0.4, -0.2) is 46.4 Å². The van der Waals surface area contributed by atoms with Crippen molar-refractivity contribution in [3.63, 3.8) is 0 Å². The lowest BCUT2D eigenvalue weighted by Crippen LogP contribution is -2.34. The molecule has 5 heteroatoms. The summed E-state index contributed by atoms with van der Waals surface area (Å²) in [5, 5.41) is 3.12. The van der Waals surface area contributed by atoms with E-state index in [1.54, 1.807) is 0 Å². The third kappa shape index (κ3) is 4.25. The minimum atomic E-state index is -0.0225. The molecular weight excluding hydrogens is 348 g/mol. The number of pyridine rings is 1. The van der Waals surface area contributed by atoms with Crippen molar-refractivity contribution < 1.29 is 4.79 Å². The van der Waals surface area contributed by atoms with Crippen LogP contribution in [0.4, 0.5) is 0 Å². The number of aryl methyl sites for hydroxylation is 1. The molecule has 0 saturated carbocycles. The first-order chi connectivity index (χ1) is 13.7. The molecule has 2 aromatic heterocycles. The Bertz CT molecular complexity index is 928. The molecule has 5 nitrogen and oxygen atoms in total. The minimum absolute atomic E-state index is 0.0225. The number of benzene rings is 1. The molecule has 1 aliphatic rings. The predicted octanol–water partition coefficient (Wildman–Crippen LogP) is 3.38. The Morgan fingerprint density at radius 3 is 2.75 bits per heavy atom. The molecule has 28 heavy (non-hydrogen) atoms. The van der Waals surface area contributed by atoms with E-state index in [9.17, 15) is 4.79 Å². The third-order valence-electron chi connectivity index (χ3n) is 5.59. The molecule has 1 saturated heterocycles. The Balaban J connectivity index is 1.51. The summed E-state index contributed by atoms with van der Waals surface area (Å²) < 4.78 is 2.10.